The molecule has 0 aromatic heterocycles. The smallest absolute Gasteiger partial charge is 0.0120 e. The zero-order chi connectivity index (χ0) is 42.1. The first-order chi connectivity index (χ1) is 25.2. The molecule has 0 aliphatic heterocycles. The summed E-state index contributed by atoms with van der Waals surface area (Å²) in [4.78, 5) is 0. The van der Waals surface area contributed by atoms with Crippen molar-refractivity contribution >= 4 is 10.8 Å². The van der Waals surface area contributed by atoms with Gasteiger partial charge in [0.1, 0.15) is 0 Å². The molecule has 5 aromatic carbocycles. The Hall–Kier alpha value is -3.64. The summed E-state index contributed by atoms with van der Waals surface area (Å²) in [6.45, 7) is 46.5. The normalized spacial score (nSPS) is 8.79. The lowest BCUT2D eigenvalue weighted by molar-refractivity contribution is 0.886. The van der Waals surface area contributed by atoms with Gasteiger partial charge in [-0.2, -0.15) is 0 Å². The molecule has 5 aromatic rings. The van der Waals surface area contributed by atoms with Crippen LogP contribution in [0.4, 0.5) is 0 Å². The highest BCUT2D eigenvalue weighted by Crippen LogP contribution is 2.28. The predicted octanol–water partition coefficient (Wildman–Crippen LogP) is 17.9. The minimum atomic E-state index is 1.25. The van der Waals surface area contributed by atoms with E-state index in [2.05, 4.69) is 196 Å². The molecule has 0 heteroatoms. The van der Waals surface area contributed by atoms with Gasteiger partial charge in [0, 0.05) is 0 Å². The molecule has 0 nitrogen and oxygen atoms in total. The van der Waals surface area contributed by atoms with Crippen molar-refractivity contribution in [2.75, 3.05) is 0 Å². The van der Waals surface area contributed by atoms with Crippen molar-refractivity contribution in [2.45, 2.75) is 172 Å². The Morgan fingerprint density at radius 1 is 0.264 bits per heavy atom. The molecule has 0 heterocycles. The van der Waals surface area contributed by atoms with Crippen molar-refractivity contribution in [3.63, 3.8) is 0 Å². The molecule has 0 aliphatic carbocycles. The van der Waals surface area contributed by atoms with Gasteiger partial charge in [0.15, 0.2) is 0 Å². The maximum atomic E-state index is 2.24. The molecule has 0 atom stereocenters. The number of unbranched alkanes of at least 4 members (excludes halogenated alkanes) is 1. The van der Waals surface area contributed by atoms with Gasteiger partial charge in [-0.1, -0.05) is 173 Å². The lowest BCUT2D eigenvalue weighted by Gasteiger charge is -2.11. The van der Waals surface area contributed by atoms with Crippen LogP contribution in [0.25, 0.3) is 10.8 Å². The Balaban J connectivity index is -0.000000278. The highest BCUT2D eigenvalue weighted by Gasteiger charge is 2.05. The summed E-state index contributed by atoms with van der Waals surface area (Å²) in [6, 6.07) is 30.0. The molecular formula is C53H86. The van der Waals surface area contributed by atoms with Crippen LogP contribution in [-0.2, 0) is 0 Å². The number of hydrogen-bond acceptors (Lipinski definition) is 0. The van der Waals surface area contributed by atoms with E-state index in [4.69, 9.17) is 0 Å². The SMILES string of the molecule is CC.CC.CC.CCC.CCCC.Cc1cc(C)c(C)cc1C.Cc1ccc(C)c2c(C)ccc(C)c12.Cc1ccccc1C.Cc1ccccc1C. The van der Waals surface area contributed by atoms with Gasteiger partial charge < -0.3 is 0 Å². The third-order valence-corrected chi connectivity index (χ3v) is 8.46. The molecule has 0 saturated heterocycles. The quantitative estimate of drug-likeness (QED) is 0.162. The van der Waals surface area contributed by atoms with Gasteiger partial charge in [0.25, 0.3) is 0 Å². The van der Waals surface area contributed by atoms with E-state index in [0.717, 1.165) is 0 Å². The van der Waals surface area contributed by atoms with Crippen LogP contribution in [0.1, 0.15) is 155 Å². The zero-order valence-electron chi connectivity index (χ0n) is 39.2. The van der Waals surface area contributed by atoms with Gasteiger partial charge in [-0.3, -0.25) is 0 Å². The van der Waals surface area contributed by atoms with Crippen molar-refractivity contribution in [3.05, 3.63) is 152 Å². The Morgan fingerprint density at radius 3 is 0.566 bits per heavy atom. The van der Waals surface area contributed by atoms with E-state index in [1.165, 1.54) is 96.8 Å². The fraction of sp³-hybridized carbons (Fsp3) is 0.472. The van der Waals surface area contributed by atoms with Gasteiger partial charge in [0.05, 0.1) is 0 Å². The van der Waals surface area contributed by atoms with Gasteiger partial charge in [0.2, 0.25) is 0 Å². The predicted molar refractivity (Wildman–Crippen MR) is 251 cm³/mol. The fourth-order valence-corrected chi connectivity index (χ4v) is 4.67. The van der Waals surface area contributed by atoms with E-state index in [1.807, 2.05) is 41.5 Å². The minimum absolute atomic E-state index is 1.25. The highest BCUT2D eigenvalue weighted by molar-refractivity contribution is 5.93. The lowest BCUT2D eigenvalue weighted by atomic mass is 9.94. The van der Waals surface area contributed by atoms with Crippen LogP contribution < -0.4 is 0 Å². The van der Waals surface area contributed by atoms with Gasteiger partial charge >= 0.3 is 0 Å². The molecule has 5 rings (SSSR count). The third-order valence-electron chi connectivity index (χ3n) is 8.46. The highest BCUT2D eigenvalue weighted by atomic mass is 14.1. The molecular weight excluding hydrogens is 637 g/mol. The average Bonchev–Trinajstić information content (AvgIpc) is 3.16. The number of benzene rings is 5. The second kappa shape index (κ2) is 35.4. The van der Waals surface area contributed by atoms with Crippen LogP contribution in [0.2, 0.25) is 0 Å². The zero-order valence-corrected chi connectivity index (χ0v) is 39.2. The lowest BCUT2D eigenvalue weighted by Crippen LogP contribution is -1.89. The third kappa shape index (κ3) is 24.3. The molecule has 0 unspecified atom stereocenters. The van der Waals surface area contributed by atoms with Crippen LogP contribution in [0, 0.1) is 83.1 Å². The first-order valence-corrected chi connectivity index (χ1v) is 20.7. The summed E-state index contributed by atoms with van der Waals surface area (Å²) in [5.41, 5.74) is 16.6. The molecule has 53 heavy (non-hydrogen) atoms. The van der Waals surface area contributed by atoms with E-state index in [-0.39, 0.29) is 0 Å². The Labute approximate surface area is 332 Å². The van der Waals surface area contributed by atoms with Crippen molar-refractivity contribution in [1.82, 2.24) is 0 Å². The minimum Gasteiger partial charge on any atom is -0.0683 e. The topological polar surface area (TPSA) is 0 Å². The van der Waals surface area contributed by atoms with E-state index < -0.39 is 0 Å². The molecule has 298 valence electrons. The molecule has 0 spiro atoms. The second-order valence-electron chi connectivity index (χ2n) is 13.0. The van der Waals surface area contributed by atoms with Gasteiger partial charge in [-0.05, 0) is 161 Å². The van der Waals surface area contributed by atoms with Crippen LogP contribution in [0.3, 0.4) is 0 Å². The number of fused-ring (bicyclic) bond motifs is 1. The Bertz CT molecular complexity index is 1370. The summed E-state index contributed by atoms with van der Waals surface area (Å²) in [6.07, 6.45) is 3.89. The molecule has 0 radical (unpaired) electrons. The van der Waals surface area contributed by atoms with Gasteiger partial charge in [-0.15, -0.1) is 0 Å². The van der Waals surface area contributed by atoms with E-state index in [9.17, 15) is 0 Å². The fourth-order valence-electron chi connectivity index (χ4n) is 4.67. The van der Waals surface area contributed by atoms with Crippen molar-refractivity contribution in [1.29, 1.82) is 0 Å². The van der Waals surface area contributed by atoms with Crippen LogP contribution in [0.15, 0.2) is 84.9 Å². The van der Waals surface area contributed by atoms with E-state index in [0.29, 0.717) is 0 Å². The molecule has 0 fully saturated rings. The van der Waals surface area contributed by atoms with Gasteiger partial charge in [-0.25, -0.2) is 0 Å². The van der Waals surface area contributed by atoms with Crippen molar-refractivity contribution in [2.24, 2.45) is 0 Å². The summed E-state index contributed by atoms with van der Waals surface area (Å²) in [5.74, 6) is 0. The second-order valence-corrected chi connectivity index (χ2v) is 13.0. The number of aryl methyl sites for hydroxylation is 12. The standard InChI is InChI=1S/C14H16.C10H14.2C8H10.C4H10.C3H8.3C2H6/c1-9-5-6-11(3)14-12(4)8-7-10(2)13(9)14;1-7-5-9(3)10(4)6-8(7)2;2*1-7-5-3-4-6-8(7)2;1-3-4-2;1-3-2;3*1-2/h5-8H,1-4H3;5-6H,1-4H3;2*3-6H,1-2H3;3-4H2,1-2H3;3H2,1-2H3;3*1-2H3. The Morgan fingerprint density at radius 2 is 0.434 bits per heavy atom. The average molecular weight is 723 g/mol. The number of rotatable bonds is 1. The summed E-state index contributed by atoms with van der Waals surface area (Å²) < 4.78 is 0. The van der Waals surface area contributed by atoms with Crippen LogP contribution in [-0.4, -0.2) is 0 Å². The first kappa shape index (κ1) is 56.1. The van der Waals surface area contributed by atoms with E-state index in [1.54, 1.807) is 0 Å². The monoisotopic (exact) mass is 723 g/mol. The van der Waals surface area contributed by atoms with Crippen molar-refractivity contribution in [3.8, 4) is 0 Å². The van der Waals surface area contributed by atoms with E-state index >= 15 is 0 Å². The summed E-state index contributed by atoms with van der Waals surface area (Å²) in [7, 11) is 0. The van der Waals surface area contributed by atoms with Crippen molar-refractivity contribution < 1.29 is 0 Å². The summed E-state index contributed by atoms with van der Waals surface area (Å²) >= 11 is 0. The molecule has 0 aliphatic rings. The first-order valence-electron chi connectivity index (χ1n) is 20.7. The maximum absolute atomic E-state index is 2.24. The molecule has 0 amide bonds. The molecule has 0 bridgehead atoms. The largest absolute Gasteiger partial charge is 0.0683 e. The Kier molecular flexibility index (Phi) is 37.5. The number of hydrogen-bond donors (Lipinski definition) is 0. The summed E-state index contributed by atoms with van der Waals surface area (Å²) in [5, 5.41) is 2.87. The maximum Gasteiger partial charge on any atom is -0.0120 e. The van der Waals surface area contributed by atoms with Crippen LogP contribution in [0.5, 0.6) is 0 Å². The molecule has 0 N–H and O–H groups in total. The van der Waals surface area contributed by atoms with Crippen LogP contribution >= 0.6 is 0 Å². The molecule has 0 saturated carbocycles.